The highest BCUT2D eigenvalue weighted by Gasteiger charge is 2.24. The summed E-state index contributed by atoms with van der Waals surface area (Å²) in [5, 5.41) is 0.733. The van der Waals surface area contributed by atoms with Gasteiger partial charge in [0.1, 0.15) is 0 Å². The lowest BCUT2D eigenvalue weighted by molar-refractivity contribution is 0.208. The molecule has 0 bridgehead atoms. The van der Waals surface area contributed by atoms with E-state index in [0.717, 1.165) is 49.8 Å². The monoisotopic (exact) mass is 374 g/mol. The number of alkyl halides is 1. The van der Waals surface area contributed by atoms with Crippen molar-refractivity contribution in [1.82, 2.24) is 9.62 Å². The lowest BCUT2D eigenvalue weighted by Crippen LogP contribution is -2.44. The van der Waals surface area contributed by atoms with Crippen LogP contribution in [0.5, 0.6) is 0 Å². The van der Waals surface area contributed by atoms with E-state index < -0.39 is 10.0 Å². The molecule has 6 heteroatoms. The van der Waals surface area contributed by atoms with Crippen molar-refractivity contribution >= 4 is 26.0 Å². The number of sulfonamides is 1. The number of halogens is 1. The molecule has 1 aromatic rings. The van der Waals surface area contributed by atoms with Gasteiger partial charge in [0.05, 0.1) is 4.90 Å². The summed E-state index contributed by atoms with van der Waals surface area (Å²) in [6, 6.07) is 7.08. The van der Waals surface area contributed by atoms with Crippen LogP contribution in [0.4, 0.5) is 0 Å². The van der Waals surface area contributed by atoms with Crippen LogP contribution >= 0.6 is 15.9 Å². The fourth-order valence-electron chi connectivity index (χ4n) is 2.64. The molecule has 0 amide bonds. The van der Waals surface area contributed by atoms with Gasteiger partial charge in [0.15, 0.2) is 0 Å². The van der Waals surface area contributed by atoms with Crippen molar-refractivity contribution in [2.24, 2.45) is 0 Å². The summed E-state index contributed by atoms with van der Waals surface area (Å²) >= 11 is 3.36. The highest BCUT2D eigenvalue weighted by molar-refractivity contribution is 9.08. The molecule has 0 aromatic heterocycles. The molecule has 4 nitrogen and oxygen atoms in total. The third-order valence-electron chi connectivity index (χ3n) is 3.84. The Morgan fingerprint density at radius 1 is 1.24 bits per heavy atom. The van der Waals surface area contributed by atoms with E-state index >= 15 is 0 Å². The van der Waals surface area contributed by atoms with Crippen molar-refractivity contribution in [1.29, 1.82) is 0 Å². The molecule has 0 unspecified atom stereocenters. The summed E-state index contributed by atoms with van der Waals surface area (Å²) in [6.45, 7) is 5.23. The molecule has 1 aliphatic heterocycles. The second-order valence-corrected chi connectivity index (χ2v) is 7.79. The number of likely N-dealkylation sites (tertiary alicyclic amines) is 1. The molecule has 1 saturated heterocycles. The summed E-state index contributed by atoms with van der Waals surface area (Å²) in [4.78, 5) is 2.75. The van der Waals surface area contributed by atoms with E-state index in [2.05, 4.69) is 32.5 Å². The van der Waals surface area contributed by atoms with E-state index in [1.807, 2.05) is 12.1 Å². The van der Waals surface area contributed by atoms with Gasteiger partial charge in [-0.05, 0) is 56.6 Å². The number of hydrogen-bond donors (Lipinski definition) is 1. The maximum absolute atomic E-state index is 12.4. The molecule has 0 saturated carbocycles. The summed E-state index contributed by atoms with van der Waals surface area (Å²) in [5.74, 6) is 0. The van der Waals surface area contributed by atoms with Crippen molar-refractivity contribution in [2.45, 2.75) is 42.5 Å². The third-order valence-corrected chi connectivity index (χ3v) is 6.02. The van der Waals surface area contributed by atoms with E-state index in [1.54, 1.807) is 12.1 Å². The third kappa shape index (κ3) is 4.77. The lowest BCUT2D eigenvalue weighted by atomic mass is 10.1. The van der Waals surface area contributed by atoms with E-state index in [4.69, 9.17) is 0 Å². The first kappa shape index (κ1) is 16.9. The lowest BCUT2D eigenvalue weighted by Gasteiger charge is -2.31. The molecular weight excluding hydrogens is 352 g/mol. The van der Waals surface area contributed by atoms with Gasteiger partial charge in [-0.3, -0.25) is 0 Å². The molecule has 2 rings (SSSR count). The first-order chi connectivity index (χ1) is 10.0. The zero-order valence-corrected chi connectivity index (χ0v) is 14.8. The number of piperidine rings is 1. The maximum Gasteiger partial charge on any atom is 0.240 e. The van der Waals surface area contributed by atoms with Crippen molar-refractivity contribution in [3.05, 3.63) is 29.8 Å². The quantitative estimate of drug-likeness (QED) is 0.778. The van der Waals surface area contributed by atoms with Crippen LogP contribution < -0.4 is 4.72 Å². The van der Waals surface area contributed by atoms with Crippen molar-refractivity contribution in [3.63, 3.8) is 0 Å². The number of rotatable bonds is 6. The first-order valence-electron chi connectivity index (χ1n) is 7.44. The Hall–Kier alpha value is -0.430. The highest BCUT2D eigenvalue weighted by atomic mass is 79.9. The molecular formula is C15H23BrN2O2S. The largest absolute Gasteiger partial charge is 0.303 e. The van der Waals surface area contributed by atoms with Gasteiger partial charge >= 0.3 is 0 Å². The summed E-state index contributed by atoms with van der Waals surface area (Å²) < 4.78 is 27.6. The van der Waals surface area contributed by atoms with Gasteiger partial charge in [-0.25, -0.2) is 13.1 Å². The molecule has 1 fully saturated rings. The molecule has 1 N–H and O–H groups in total. The standard InChI is InChI=1S/C15H23BrN2O2S/c1-2-9-18-10-7-14(8-11-18)17-21(19,20)15-5-3-13(12-16)4-6-15/h3-6,14,17H,2,7-12H2,1H3. The number of nitrogens with zero attached hydrogens (tertiary/aromatic N) is 1. The Balaban J connectivity index is 1.95. The van der Waals surface area contributed by atoms with Crippen LogP contribution in [-0.2, 0) is 15.4 Å². The van der Waals surface area contributed by atoms with Crippen LogP contribution in [0.3, 0.4) is 0 Å². The summed E-state index contributed by atoms with van der Waals surface area (Å²) in [7, 11) is -3.40. The Bertz CT molecular complexity index is 537. The molecule has 1 heterocycles. The molecule has 1 aromatic carbocycles. The van der Waals surface area contributed by atoms with Crippen molar-refractivity contribution < 1.29 is 8.42 Å². The Morgan fingerprint density at radius 2 is 1.86 bits per heavy atom. The van der Waals surface area contributed by atoms with Crippen molar-refractivity contribution in [3.8, 4) is 0 Å². The van der Waals surface area contributed by atoms with E-state index in [1.165, 1.54) is 0 Å². The zero-order chi connectivity index (χ0) is 15.3. The number of benzene rings is 1. The maximum atomic E-state index is 12.4. The summed E-state index contributed by atoms with van der Waals surface area (Å²) in [6.07, 6.45) is 2.92. The number of nitrogens with one attached hydrogen (secondary N) is 1. The van der Waals surface area contributed by atoms with E-state index in [-0.39, 0.29) is 6.04 Å². The fraction of sp³-hybridized carbons (Fsp3) is 0.600. The Kier molecular flexibility index (Phi) is 6.22. The van der Waals surface area contributed by atoms with E-state index in [9.17, 15) is 8.42 Å². The molecule has 0 radical (unpaired) electrons. The van der Waals surface area contributed by atoms with Crippen LogP contribution in [0.2, 0.25) is 0 Å². The molecule has 0 atom stereocenters. The average Bonchev–Trinajstić information content (AvgIpc) is 2.49. The van der Waals surface area contributed by atoms with Gasteiger partial charge in [0.2, 0.25) is 10.0 Å². The van der Waals surface area contributed by atoms with Crippen LogP contribution in [0.25, 0.3) is 0 Å². The highest BCUT2D eigenvalue weighted by Crippen LogP contribution is 2.16. The number of hydrogen-bond acceptors (Lipinski definition) is 3. The van der Waals surface area contributed by atoms with Crippen LogP contribution in [0.15, 0.2) is 29.2 Å². The average molecular weight is 375 g/mol. The van der Waals surface area contributed by atoms with Gasteiger partial charge < -0.3 is 4.90 Å². The van der Waals surface area contributed by atoms with Crippen molar-refractivity contribution in [2.75, 3.05) is 19.6 Å². The molecule has 0 aliphatic carbocycles. The second kappa shape index (κ2) is 7.72. The predicted molar refractivity (Wildman–Crippen MR) is 89.1 cm³/mol. The first-order valence-corrected chi connectivity index (χ1v) is 10.0. The van der Waals surface area contributed by atoms with Gasteiger partial charge in [-0.1, -0.05) is 35.0 Å². The molecule has 1 aliphatic rings. The van der Waals surface area contributed by atoms with E-state index in [0.29, 0.717) is 4.90 Å². The van der Waals surface area contributed by atoms with Crippen LogP contribution in [0.1, 0.15) is 31.7 Å². The summed E-state index contributed by atoms with van der Waals surface area (Å²) in [5.41, 5.74) is 1.07. The minimum absolute atomic E-state index is 0.0546. The zero-order valence-electron chi connectivity index (χ0n) is 12.4. The van der Waals surface area contributed by atoms with Gasteiger partial charge in [-0.2, -0.15) is 0 Å². The van der Waals surface area contributed by atoms with Crippen LogP contribution in [-0.4, -0.2) is 39.0 Å². The fourth-order valence-corrected chi connectivity index (χ4v) is 4.31. The molecule has 0 spiro atoms. The molecule has 21 heavy (non-hydrogen) atoms. The Morgan fingerprint density at radius 3 is 2.38 bits per heavy atom. The topological polar surface area (TPSA) is 49.4 Å². The molecule has 118 valence electrons. The minimum Gasteiger partial charge on any atom is -0.303 e. The smallest absolute Gasteiger partial charge is 0.240 e. The van der Waals surface area contributed by atoms with Gasteiger partial charge in [-0.15, -0.1) is 0 Å². The predicted octanol–water partition coefficient (Wildman–Crippen LogP) is 2.73. The normalized spacial score (nSPS) is 18.0. The minimum atomic E-state index is -3.40. The van der Waals surface area contributed by atoms with Crippen LogP contribution in [0, 0.1) is 0 Å². The second-order valence-electron chi connectivity index (χ2n) is 5.51. The van der Waals surface area contributed by atoms with Gasteiger partial charge in [0, 0.05) is 11.4 Å². The van der Waals surface area contributed by atoms with Gasteiger partial charge in [0.25, 0.3) is 0 Å². The Labute approximate surface area is 136 Å². The SMILES string of the molecule is CCCN1CCC(NS(=O)(=O)c2ccc(CBr)cc2)CC1.